The van der Waals surface area contributed by atoms with Crippen molar-refractivity contribution in [3.8, 4) is 5.75 Å². The highest BCUT2D eigenvalue weighted by Gasteiger charge is 2.16. The maximum absolute atomic E-state index is 12.8. The number of halogens is 1. The second-order valence-corrected chi connectivity index (χ2v) is 5.52. The minimum absolute atomic E-state index is 0.378. The highest BCUT2D eigenvalue weighted by molar-refractivity contribution is 7.86. The summed E-state index contributed by atoms with van der Waals surface area (Å²) in [4.78, 5) is 12.6. The first-order valence-electron chi connectivity index (χ1n) is 5.93. The van der Waals surface area contributed by atoms with Crippen molar-refractivity contribution in [3.05, 3.63) is 54.6 Å². The molecule has 21 heavy (non-hydrogen) atoms. The van der Waals surface area contributed by atoms with Gasteiger partial charge in [0.1, 0.15) is 5.75 Å². The Morgan fingerprint density at radius 1 is 1.05 bits per heavy atom. The molecule has 0 radical (unpaired) electrons. The highest BCUT2D eigenvalue weighted by atomic mass is 32.3. The van der Waals surface area contributed by atoms with Crippen LogP contribution >= 0.6 is 0 Å². The molecule has 5 nitrogen and oxygen atoms in total. The fraction of sp³-hybridized carbons (Fsp3) is 0.0714. The van der Waals surface area contributed by atoms with Gasteiger partial charge in [0.25, 0.3) is 0 Å². The van der Waals surface area contributed by atoms with Gasteiger partial charge in [0, 0.05) is 12.7 Å². The molecule has 2 aromatic carbocycles. The summed E-state index contributed by atoms with van der Waals surface area (Å²) in [6.45, 7) is 0. The van der Waals surface area contributed by atoms with E-state index in [4.69, 9.17) is 4.74 Å². The van der Waals surface area contributed by atoms with E-state index >= 15 is 0 Å². The van der Waals surface area contributed by atoms with E-state index in [2.05, 4.69) is 0 Å². The van der Waals surface area contributed by atoms with Gasteiger partial charge in [-0.25, -0.2) is 4.79 Å². The topological polar surface area (TPSA) is 63.7 Å². The first-order chi connectivity index (χ1) is 9.88. The smallest absolute Gasteiger partial charge is 0.410 e. The number of nitrogens with zero attached hydrogens (tertiary/aromatic N) is 1. The molecular weight excluding hydrogens is 297 g/mol. The fourth-order valence-electron chi connectivity index (χ4n) is 1.60. The van der Waals surface area contributed by atoms with E-state index in [0.717, 1.165) is 12.1 Å². The third-order valence-electron chi connectivity index (χ3n) is 2.73. The van der Waals surface area contributed by atoms with E-state index < -0.39 is 21.2 Å². The molecule has 0 aliphatic carbocycles. The second-order valence-electron chi connectivity index (χ2n) is 4.17. The Hall–Kier alpha value is -2.41. The Labute approximate surface area is 121 Å². The van der Waals surface area contributed by atoms with Gasteiger partial charge in [-0.3, -0.25) is 4.90 Å². The van der Waals surface area contributed by atoms with Gasteiger partial charge in [0.15, 0.2) is 0 Å². The summed E-state index contributed by atoms with van der Waals surface area (Å²) >= 11 is 0. The molecule has 0 aliphatic heterocycles. The molecule has 2 aromatic rings. The van der Waals surface area contributed by atoms with Crippen LogP contribution < -0.4 is 9.64 Å². The van der Waals surface area contributed by atoms with Crippen LogP contribution in [0.2, 0.25) is 0 Å². The minimum Gasteiger partial charge on any atom is -0.410 e. The van der Waals surface area contributed by atoms with Crippen LogP contribution in [0.15, 0.2) is 59.5 Å². The number of carbonyl (C=O) groups is 1. The number of rotatable bonds is 3. The average molecular weight is 309 g/mol. The van der Waals surface area contributed by atoms with Crippen LogP contribution in [0, 0.1) is 0 Å². The van der Waals surface area contributed by atoms with Crippen LogP contribution in [0.4, 0.5) is 14.4 Å². The maximum Gasteiger partial charge on any atom is 0.419 e. The predicted octanol–water partition coefficient (Wildman–Crippen LogP) is 2.98. The van der Waals surface area contributed by atoms with E-state index in [1.807, 2.05) is 0 Å². The van der Waals surface area contributed by atoms with Gasteiger partial charge in [0.05, 0.1) is 4.90 Å². The van der Waals surface area contributed by atoms with Crippen molar-refractivity contribution in [2.24, 2.45) is 0 Å². The Balaban J connectivity index is 2.12. The maximum atomic E-state index is 12.8. The normalized spacial score (nSPS) is 11.0. The van der Waals surface area contributed by atoms with Gasteiger partial charge in [-0.1, -0.05) is 18.2 Å². The number of ether oxygens (including phenoxy) is 1. The van der Waals surface area contributed by atoms with Crippen LogP contribution in [-0.4, -0.2) is 21.6 Å². The van der Waals surface area contributed by atoms with Crippen LogP contribution in [0.25, 0.3) is 0 Å². The Bertz CT molecular complexity index is 729. The molecule has 2 rings (SSSR count). The van der Waals surface area contributed by atoms with E-state index in [9.17, 15) is 17.1 Å². The lowest BCUT2D eigenvalue weighted by molar-refractivity contribution is 0.209. The summed E-state index contributed by atoms with van der Waals surface area (Å²) in [5.41, 5.74) is 0.378. The van der Waals surface area contributed by atoms with Crippen molar-refractivity contribution in [2.45, 2.75) is 4.90 Å². The van der Waals surface area contributed by atoms with Crippen molar-refractivity contribution < 1.29 is 21.8 Å². The SMILES string of the molecule is CN(C(=O)Oc1ccccc1)c1ccc(S(=O)(=O)F)cc1. The monoisotopic (exact) mass is 309 g/mol. The van der Waals surface area contributed by atoms with Crippen molar-refractivity contribution in [3.63, 3.8) is 0 Å². The Morgan fingerprint density at radius 3 is 2.14 bits per heavy atom. The zero-order chi connectivity index (χ0) is 15.5. The third kappa shape index (κ3) is 3.79. The molecule has 0 aliphatic rings. The summed E-state index contributed by atoms with van der Waals surface area (Å²) in [6.07, 6.45) is -0.642. The molecule has 0 atom stereocenters. The lowest BCUT2D eigenvalue weighted by Crippen LogP contribution is -2.29. The molecule has 0 N–H and O–H groups in total. The summed E-state index contributed by atoms with van der Waals surface area (Å²) < 4.78 is 39.3. The largest absolute Gasteiger partial charge is 0.419 e. The van der Waals surface area contributed by atoms with E-state index in [0.29, 0.717) is 11.4 Å². The zero-order valence-electron chi connectivity index (χ0n) is 11.1. The first-order valence-corrected chi connectivity index (χ1v) is 7.31. The van der Waals surface area contributed by atoms with E-state index in [1.165, 1.54) is 24.1 Å². The van der Waals surface area contributed by atoms with Crippen molar-refractivity contribution in [1.82, 2.24) is 0 Å². The van der Waals surface area contributed by atoms with Crippen LogP contribution in [-0.2, 0) is 10.2 Å². The second kappa shape index (κ2) is 5.92. The van der Waals surface area contributed by atoms with Crippen LogP contribution in [0.1, 0.15) is 0 Å². The quantitative estimate of drug-likeness (QED) is 0.818. The van der Waals surface area contributed by atoms with Crippen molar-refractivity contribution in [2.75, 3.05) is 11.9 Å². The summed E-state index contributed by atoms with van der Waals surface area (Å²) in [5.74, 6) is 0.386. The fourth-order valence-corrected chi connectivity index (χ4v) is 2.06. The van der Waals surface area contributed by atoms with Gasteiger partial charge in [-0.15, -0.1) is 3.89 Å². The standard InChI is InChI=1S/C14H12FNO4S/c1-16(14(17)20-12-5-3-2-4-6-12)11-7-9-13(10-8-11)21(15,18)19/h2-10H,1H3. The highest BCUT2D eigenvalue weighted by Crippen LogP contribution is 2.19. The number of para-hydroxylation sites is 1. The molecular formula is C14H12FNO4S. The average Bonchev–Trinajstić information content (AvgIpc) is 2.46. The molecule has 0 bridgehead atoms. The van der Waals surface area contributed by atoms with Crippen LogP contribution in [0.3, 0.4) is 0 Å². The van der Waals surface area contributed by atoms with Gasteiger partial charge < -0.3 is 4.74 Å². The molecule has 1 amide bonds. The van der Waals surface area contributed by atoms with Crippen LogP contribution in [0.5, 0.6) is 5.75 Å². The number of hydrogen-bond donors (Lipinski definition) is 0. The number of amides is 1. The van der Waals surface area contributed by atoms with Crippen molar-refractivity contribution >= 4 is 22.0 Å². The van der Waals surface area contributed by atoms with E-state index in [-0.39, 0.29) is 0 Å². The first kappa shape index (κ1) is 15.0. The molecule has 0 heterocycles. The molecule has 0 aromatic heterocycles. The lowest BCUT2D eigenvalue weighted by Gasteiger charge is -2.16. The summed E-state index contributed by atoms with van der Waals surface area (Å²) in [7, 11) is -3.29. The van der Waals surface area contributed by atoms with Gasteiger partial charge >= 0.3 is 16.3 Å². The molecule has 110 valence electrons. The molecule has 0 saturated heterocycles. The molecule has 0 spiro atoms. The van der Waals surface area contributed by atoms with Gasteiger partial charge in [0.2, 0.25) is 0 Å². The van der Waals surface area contributed by atoms with Gasteiger partial charge in [-0.05, 0) is 36.4 Å². The summed E-state index contributed by atoms with van der Waals surface area (Å²) in [5, 5.41) is 0. The minimum atomic E-state index is -4.75. The number of carbonyl (C=O) groups excluding carboxylic acids is 1. The van der Waals surface area contributed by atoms with Gasteiger partial charge in [-0.2, -0.15) is 8.42 Å². The molecule has 0 unspecified atom stereocenters. The Morgan fingerprint density at radius 2 is 1.62 bits per heavy atom. The molecule has 0 fully saturated rings. The number of anilines is 1. The Kier molecular flexibility index (Phi) is 4.23. The summed E-state index contributed by atoms with van der Waals surface area (Å²) in [6, 6.07) is 13.3. The lowest BCUT2D eigenvalue weighted by atomic mass is 10.3. The van der Waals surface area contributed by atoms with E-state index in [1.54, 1.807) is 30.3 Å². The number of hydrogen-bond acceptors (Lipinski definition) is 4. The van der Waals surface area contributed by atoms with Crippen molar-refractivity contribution in [1.29, 1.82) is 0 Å². The predicted molar refractivity (Wildman–Crippen MR) is 75.6 cm³/mol. The molecule has 0 saturated carbocycles. The number of benzene rings is 2. The third-order valence-corrected chi connectivity index (χ3v) is 3.56. The zero-order valence-corrected chi connectivity index (χ0v) is 11.9. The molecule has 7 heteroatoms.